The molecule has 0 aliphatic carbocycles. The molecular weight excluding hydrogens is 362 g/mol. The first-order valence-electron chi connectivity index (χ1n) is 9.18. The maximum atomic E-state index is 12.8. The summed E-state index contributed by atoms with van der Waals surface area (Å²) in [6, 6.07) is 11.8. The van der Waals surface area contributed by atoms with Crippen molar-refractivity contribution in [3.8, 4) is 0 Å². The molecule has 1 saturated heterocycles. The number of benzene rings is 2. The molecule has 1 fully saturated rings. The molecule has 144 valence electrons. The number of aryl methyl sites for hydroxylation is 2. The summed E-state index contributed by atoms with van der Waals surface area (Å²) in [5.41, 5.74) is 3.04. The lowest BCUT2D eigenvalue weighted by Gasteiger charge is -2.17. The number of urea groups is 1. The quantitative estimate of drug-likeness (QED) is 0.814. The summed E-state index contributed by atoms with van der Waals surface area (Å²) in [6.07, 6.45) is 2.78. The third-order valence-corrected chi connectivity index (χ3v) is 6.15. The zero-order chi connectivity index (χ0) is 19.4. The summed E-state index contributed by atoms with van der Waals surface area (Å²) in [5.74, 6) is 0. The van der Waals surface area contributed by atoms with Crippen LogP contribution in [0.3, 0.4) is 0 Å². The second-order valence-electron chi connectivity index (χ2n) is 6.72. The Balaban J connectivity index is 1.75. The van der Waals surface area contributed by atoms with Crippen LogP contribution in [0.1, 0.15) is 30.9 Å². The predicted molar refractivity (Wildman–Crippen MR) is 108 cm³/mol. The number of sulfonamides is 1. The zero-order valence-corrected chi connectivity index (χ0v) is 16.5. The highest BCUT2D eigenvalue weighted by Gasteiger charge is 2.19. The Morgan fingerprint density at radius 3 is 2.37 bits per heavy atom. The number of nitrogens with zero attached hydrogens (tertiary/aromatic N) is 1. The normalized spacial score (nSPS) is 14.2. The molecule has 1 aliphatic rings. The molecule has 2 N–H and O–H groups in total. The largest absolute Gasteiger partial charge is 0.325 e. The highest BCUT2D eigenvalue weighted by molar-refractivity contribution is 7.92. The van der Waals surface area contributed by atoms with E-state index < -0.39 is 10.0 Å². The molecule has 0 bridgehead atoms. The molecule has 2 aromatic rings. The molecule has 2 amide bonds. The number of carbonyl (C=O) groups is 1. The van der Waals surface area contributed by atoms with E-state index in [2.05, 4.69) is 10.0 Å². The van der Waals surface area contributed by atoms with Crippen molar-refractivity contribution in [2.75, 3.05) is 23.1 Å². The topological polar surface area (TPSA) is 78.5 Å². The van der Waals surface area contributed by atoms with E-state index in [0.717, 1.165) is 43.5 Å². The first-order chi connectivity index (χ1) is 12.9. The van der Waals surface area contributed by atoms with Gasteiger partial charge in [-0.2, -0.15) is 0 Å². The number of hydrogen-bond acceptors (Lipinski definition) is 3. The van der Waals surface area contributed by atoms with Gasteiger partial charge in [-0.1, -0.05) is 25.1 Å². The van der Waals surface area contributed by atoms with Crippen LogP contribution in [0.4, 0.5) is 16.2 Å². The van der Waals surface area contributed by atoms with Crippen molar-refractivity contribution in [1.82, 2.24) is 4.90 Å². The number of anilines is 2. The van der Waals surface area contributed by atoms with Crippen molar-refractivity contribution in [2.45, 2.75) is 38.0 Å². The molecule has 0 spiro atoms. The van der Waals surface area contributed by atoms with Gasteiger partial charge < -0.3 is 10.2 Å². The number of rotatable bonds is 5. The Bertz CT molecular complexity index is 918. The van der Waals surface area contributed by atoms with Gasteiger partial charge in [-0.25, -0.2) is 13.2 Å². The second kappa shape index (κ2) is 8.00. The molecule has 27 heavy (non-hydrogen) atoms. The first-order valence-corrected chi connectivity index (χ1v) is 10.7. The number of amides is 2. The molecule has 6 nitrogen and oxygen atoms in total. The van der Waals surface area contributed by atoms with Crippen LogP contribution in [0, 0.1) is 6.92 Å². The Morgan fingerprint density at radius 2 is 1.74 bits per heavy atom. The van der Waals surface area contributed by atoms with Gasteiger partial charge in [0.05, 0.1) is 10.6 Å². The fourth-order valence-corrected chi connectivity index (χ4v) is 4.38. The van der Waals surface area contributed by atoms with E-state index in [-0.39, 0.29) is 10.9 Å². The summed E-state index contributed by atoms with van der Waals surface area (Å²) in [5, 5.41) is 2.81. The maximum absolute atomic E-state index is 12.8. The molecule has 0 radical (unpaired) electrons. The van der Waals surface area contributed by atoms with Crippen LogP contribution in [0.2, 0.25) is 0 Å². The fourth-order valence-electron chi connectivity index (χ4n) is 3.20. The van der Waals surface area contributed by atoms with Gasteiger partial charge >= 0.3 is 6.03 Å². The van der Waals surface area contributed by atoms with E-state index >= 15 is 0 Å². The van der Waals surface area contributed by atoms with E-state index in [0.29, 0.717) is 11.4 Å². The Hall–Kier alpha value is -2.54. The smallest absolute Gasteiger partial charge is 0.321 e. The highest BCUT2D eigenvalue weighted by atomic mass is 32.2. The lowest BCUT2D eigenvalue weighted by Crippen LogP contribution is -2.32. The number of carbonyl (C=O) groups excluding carboxylic acids is 1. The van der Waals surface area contributed by atoms with Crippen molar-refractivity contribution in [3.63, 3.8) is 0 Å². The monoisotopic (exact) mass is 387 g/mol. The summed E-state index contributed by atoms with van der Waals surface area (Å²) < 4.78 is 28.2. The lowest BCUT2D eigenvalue weighted by atomic mass is 10.1. The van der Waals surface area contributed by atoms with Crippen molar-refractivity contribution in [1.29, 1.82) is 0 Å². The van der Waals surface area contributed by atoms with Gasteiger partial charge in [0.1, 0.15) is 0 Å². The number of nitrogens with one attached hydrogen (secondary N) is 2. The predicted octanol–water partition coefficient (Wildman–Crippen LogP) is 3.99. The van der Waals surface area contributed by atoms with Crippen LogP contribution < -0.4 is 10.0 Å². The van der Waals surface area contributed by atoms with E-state index in [9.17, 15) is 13.2 Å². The molecule has 0 unspecified atom stereocenters. The summed E-state index contributed by atoms with van der Waals surface area (Å²) >= 11 is 0. The van der Waals surface area contributed by atoms with E-state index in [1.54, 1.807) is 17.0 Å². The highest BCUT2D eigenvalue weighted by Crippen LogP contribution is 2.25. The average Bonchev–Trinajstić information content (AvgIpc) is 3.18. The van der Waals surface area contributed by atoms with E-state index in [1.807, 2.05) is 32.0 Å². The average molecular weight is 388 g/mol. The van der Waals surface area contributed by atoms with Gasteiger partial charge in [-0.05, 0) is 61.6 Å². The van der Waals surface area contributed by atoms with Crippen molar-refractivity contribution < 1.29 is 13.2 Å². The Morgan fingerprint density at radius 1 is 1.07 bits per heavy atom. The SMILES string of the molecule is CCc1cccc(C)c1NS(=O)(=O)c1ccc(NC(=O)N2CCCC2)cc1. The third-order valence-electron chi connectivity index (χ3n) is 4.79. The third kappa shape index (κ3) is 4.42. The van der Waals surface area contributed by atoms with Crippen LogP contribution in [-0.4, -0.2) is 32.4 Å². The molecule has 1 aliphatic heterocycles. The van der Waals surface area contributed by atoms with Crippen molar-refractivity contribution in [2.24, 2.45) is 0 Å². The van der Waals surface area contributed by atoms with Gasteiger partial charge in [0.15, 0.2) is 0 Å². The minimum atomic E-state index is -3.70. The summed E-state index contributed by atoms with van der Waals surface area (Å²) in [7, 11) is -3.70. The first kappa shape index (κ1) is 19.2. The lowest BCUT2D eigenvalue weighted by molar-refractivity contribution is 0.222. The van der Waals surface area contributed by atoms with Crippen LogP contribution in [0.15, 0.2) is 47.4 Å². The van der Waals surface area contributed by atoms with Gasteiger partial charge in [0, 0.05) is 18.8 Å². The minimum absolute atomic E-state index is 0.145. The maximum Gasteiger partial charge on any atom is 0.321 e. The fraction of sp³-hybridized carbons (Fsp3) is 0.350. The number of likely N-dealkylation sites (tertiary alicyclic amines) is 1. The Kier molecular flexibility index (Phi) is 5.70. The van der Waals surface area contributed by atoms with Crippen molar-refractivity contribution in [3.05, 3.63) is 53.6 Å². The molecule has 0 aromatic heterocycles. The van der Waals surface area contributed by atoms with Gasteiger partial charge in [-0.15, -0.1) is 0 Å². The molecule has 0 saturated carbocycles. The second-order valence-corrected chi connectivity index (χ2v) is 8.40. The summed E-state index contributed by atoms with van der Waals surface area (Å²) in [4.78, 5) is 14.0. The zero-order valence-electron chi connectivity index (χ0n) is 15.7. The van der Waals surface area contributed by atoms with Gasteiger partial charge in [0.25, 0.3) is 10.0 Å². The van der Waals surface area contributed by atoms with Crippen LogP contribution in [0.25, 0.3) is 0 Å². The molecule has 1 heterocycles. The van der Waals surface area contributed by atoms with Gasteiger partial charge in [-0.3, -0.25) is 4.72 Å². The summed E-state index contributed by atoms with van der Waals surface area (Å²) in [6.45, 7) is 5.40. The molecule has 3 rings (SSSR count). The molecule has 2 aromatic carbocycles. The van der Waals surface area contributed by atoms with E-state index in [4.69, 9.17) is 0 Å². The number of para-hydroxylation sites is 1. The Labute approximate surface area is 160 Å². The van der Waals surface area contributed by atoms with Gasteiger partial charge in [0.2, 0.25) is 0 Å². The minimum Gasteiger partial charge on any atom is -0.325 e. The van der Waals surface area contributed by atoms with Crippen LogP contribution >= 0.6 is 0 Å². The van der Waals surface area contributed by atoms with Crippen LogP contribution in [0.5, 0.6) is 0 Å². The standard InChI is InChI=1S/C20H25N3O3S/c1-3-16-8-6-7-15(2)19(16)22-27(25,26)18-11-9-17(10-12-18)21-20(24)23-13-4-5-14-23/h6-12,22H,3-5,13-14H2,1-2H3,(H,21,24). The molecular formula is C20H25N3O3S. The van der Waals surface area contributed by atoms with Crippen LogP contribution in [-0.2, 0) is 16.4 Å². The van der Waals surface area contributed by atoms with Crippen molar-refractivity contribution >= 4 is 27.4 Å². The molecule has 0 atom stereocenters. The number of hydrogen-bond donors (Lipinski definition) is 2. The van der Waals surface area contributed by atoms with E-state index in [1.165, 1.54) is 12.1 Å². The molecule has 7 heteroatoms.